The molecule has 1 heterocycles. The molecule has 0 aliphatic carbocycles. The van der Waals surface area contributed by atoms with Gasteiger partial charge in [-0.05, 0) is 38.1 Å². The zero-order chi connectivity index (χ0) is 9.90. The van der Waals surface area contributed by atoms with E-state index in [1.807, 2.05) is 6.92 Å². The van der Waals surface area contributed by atoms with E-state index >= 15 is 0 Å². The highest BCUT2D eigenvalue weighted by atomic mass is 16.3. The lowest BCUT2D eigenvalue weighted by Gasteiger charge is -2.26. The van der Waals surface area contributed by atoms with Gasteiger partial charge in [0, 0.05) is 13.1 Å². The fourth-order valence-corrected chi connectivity index (χ4v) is 2.38. The standard InChI is InChI=1S/C11H23NO/c1-4-11(5-2)6-7-12(9-11)8-10(3)13/h10,13H,4-9H2,1-3H3/t10-/m0/s1. The summed E-state index contributed by atoms with van der Waals surface area (Å²) in [5, 5.41) is 9.29. The van der Waals surface area contributed by atoms with E-state index < -0.39 is 0 Å². The van der Waals surface area contributed by atoms with Crippen LogP contribution in [0.5, 0.6) is 0 Å². The van der Waals surface area contributed by atoms with E-state index in [1.165, 1.54) is 32.4 Å². The lowest BCUT2D eigenvalue weighted by atomic mass is 9.82. The van der Waals surface area contributed by atoms with Gasteiger partial charge in [-0.3, -0.25) is 0 Å². The third-order valence-electron chi connectivity index (χ3n) is 3.54. The summed E-state index contributed by atoms with van der Waals surface area (Å²) in [5.41, 5.74) is 0.550. The number of rotatable bonds is 4. The van der Waals surface area contributed by atoms with E-state index in [-0.39, 0.29) is 6.10 Å². The summed E-state index contributed by atoms with van der Waals surface area (Å²) in [6.45, 7) is 9.65. The molecule has 2 heteroatoms. The zero-order valence-electron chi connectivity index (χ0n) is 9.21. The predicted molar refractivity (Wildman–Crippen MR) is 55.8 cm³/mol. The van der Waals surface area contributed by atoms with Crippen LogP contribution in [0.25, 0.3) is 0 Å². The van der Waals surface area contributed by atoms with Crippen molar-refractivity contribution in [2.45, 2.75) is 46.1 Å². The van der Waals surface area contributed by atoms with Crippen molar-refractivity contribution in [1.82, 2.24) is 4.90 Å². The van der Waals surface area contributed by atoms with Gasteiger partial charge < -0.3 is 10.0 Å². The monoisotopic (exact) mass is 185 g/mol. The van der Waals surface area contributed by atoms with Crippen LogP contribution in [0.1, 0.15) is 40.0 Å². The predicted octanol–water partition coefficient (Wildman–Crippen LogP) is 1.88. The SMILES string of the molecule is CCC1(CC)CCN(C[C@H](C)O)C1. The molecule has 1 fully saturated rings. The summed E-state index contributed by atoms with van der Waals surface area (Å²) >= 11 is 0. The number of β-amino-alcohol motifs (C(OH)–C–C–N with tert-alkyl or cyclic N) is 1. The summed E-state index contributed by atoms with van der Waals surface area (Å²) < 4.78 is 0. The van der Waals surface area contributed by atoms with E-state index in [2.05, 4.69) is 18.7 Å². The molecule has 1 aliphatic rings. The van der Waals surface area contributed by atoms with Crippen LogP contribution in [-0.2, 0) is 0 Å². The number of nitrogens with zero attached hydrogens (tertiary/aromatic N) is 1. The Morgan fingerprint density at radius 2 is 2.00 bits per heavy atom. The molecule has 0 aromatic rings. The van der Waals surface area contributed by atoms with Gasteiger partial charge in [-0.2, -0.15) is 0 Å². The topological polar surface area (TPSA) is 23.5 Å². The molecule has 0 unspecified atom stereocenters. The van der Waals surface area contributed by atoms with Gasteiger partial charge in [-0.25, -0.2) is 0 Å². The van der Waals surface area contributed by atoms with Crippen molar-refractivity contribution < 1.29 is 5.11 Å². The number of aliphatic hydroxyl groups excluding tert-OH is 1. The molecular formula is C11H23NO. The minimum absolute atomic E-state index is 0.176. The van der Waals surface area contributed by atoms with Crippen molar-refractivity contribution in [3.63, 3.8) is 0 Å². The molecular weight excluding hydrogens is 162 g/mol. The van der Waals surface area contributed by atoms with Crippen LogP contribution in [0.2, 0.25) is 0 Å². The average molecular weight is 185 g/mol. The van der Waals surface area contributed by atoms with Crippen molar-refractivity contribution in [2.24, 2.45) is 5.41 Å². The Hall–Kier alpha value is -0.0800. The normalized spacial score (nSPS) is 24.9. The first kappa shape index (κ1) is 11.0. The number of aliphatic hydroxyl groups is 1. The molecule has 13 heavy (non-hydrogen) atoms. The summed E-state index contributed by atoms with van der Waals surface area (Å²) in [6.07, 6.45) is 3.69. The Kier molecular flexibility index (Phi) is 3.74. The van der Waals surface area contributed by atoms with Crippen LogP contribution in [-0.4, -0.2) is 35.7 Å². The van der Waals surface area contributed by atoms with Crippen LogP contribution in [0.3, 0.4) is 0 Å². The maximum Gasteiger partial charge on any atom is 0.0639 e. The summed E-state index contributed by atoms with van der Waals surface area (Å²) in [6, 6.07) is 0. The van der Waals surface area contributed by atoms with Gasteiger partial charge >= 0.3 is 0 Å². The number of hydrogen-bond donors (Lipinski definition) is 1. The molecule has 1 rings (SSSR count). The Labute approximate surface area is 81.9 Å². The van der Waals surface area contributed by atoms with Gasteiger partial charge in [0.25, 0.3) is 0 Å². The summed E-state index contributed by atoms with van der Waals surface area (Å²) in [7, 11) is 0. The van der Waals surface area contributed by atoms with Crippen LogP contribution in [0.15, 0.2) is 0 Å². The minimum Gasteiger partial charge on any atom is -0.392 e. The summed E-state index contributed by atoms with van der Waals surface area (Å²) in [5.74, 6) is 0. The molecule has 0 spiro atoms. The molecule has 0 radical (unpaired) electrons. The van der Waals surface area contributed by atoms with Crippen LogP contribution in [0.4, 0.5) is 0 Å². The van der Waals surface area contributed by atoms with Crippen molar-refractivity contribution >= 4 is 0 Å². The van der Waals surface area contributed by atoms with Crippen LogP contribution >= 0.6 is 0 Å². The molecule has 0 aromatic carbocycles. The Bertz CT molecular complexity index is 152. The molecule has 2 nitrogen and oxygen atoms in total. The number of likely N-dealkylation sites (tertiary alicyclic amines) is 1. The summed E-state index contributed by atoms with van der Waals surface area (Å²) in [4.78, 5) is 2.40. The Balaban J connectivity index is 2.42. The van der Waals surface area contributed by atoms with E-state index in [9.17, 15) is 5.11 Å². The molecule has 78 valence electrons. The van der Waals surface area contributed by atoms with Crippen molar-refractivity contribution in [2.75, 3.05) is 19.6 Å². The second kappa shape index (κ2) is 4.43. The van der Waals surface area contributed by atoms with Gasteiger partial charge in [0.1, 0.15) is 0 Å². The van der Waals surface area contributed by atoms with E-state index in [0.717, 1.165) is 6.54 Å². The molecule has 1 N–H and O–H groups in total. The van der Waals surface area contributed by atoms with Gasteiger partial charge in [-0.15, -0.1) is 0 Å². The molecule has 0 aromatic heterocycles. The second-order valence-corrected chi connectivity index (χ2v) is 4.54. The van der Waals surface area contributed by atoms with Gasteiger partial charge in [-0.1, -0.05) is 13.8 Å². The first-order valence-corrected chi connectivity index (χ1v) is 5.52. The molecule has 0 saturated carbocycles. The third-order valence-corrected chi connectivity index (χ3v) is 3.54. The molecule has 0 amide bonds. The Morgan fingerprint density at radius 1 is 1.38 bits per heavy atom. The lowest BCUT2D eigenvalue weighted by Crippen LogP contribution is -2.31. The van der Waals surface area contributed by atoms with Crippen molar-refractivity contribution in [3.05, 3.63) is 0 Å². The maximum atomic E-state index is 9.29. The molecule has 1 saturated heterocycles. The minimum atomic E-state index is -0.176. The maximum absolute atomic E-state index is 9.29. The first-order valence-electron chi connectivity index (χ1n) is 5.52. The van der Waals surface area contributed by atoms with Gasteiger partial charge in [0.05, 0.1) is 6.10 Å². The van der Waals surface area contributed by atoms with Crippen molar-refractivity contribution in [3.8, 4) is 0 Å². The van der Waals surface area contributed by atoms with Gasteiger partial charge in [0.2, 0.25) is 0 Å². The van der Waals surface area contributed by atoms with E-state index in [0.29, 0.717) is 5.41 Å². The zero-order valence-corrected chi connectivity index (χ0v) is 9.21. The van der Waals surface area contributed by atoms with Crippen LogP contribution < -0.4 is 0 Å². The third kappa shape index (κ3) is 2.68. The van der Waals surface area contributed by atoms with E-state index in [4.69, 9.17) is 0 Å². The number of hydrogen-bond acceptors (Lipinski definition) is 2. The Morgan fingerprint density at radius 3 is 2.38 bits per heavy atom. The highest BCUT2D eigenvalue weighted by molar-refractivity contribution is 4.88. The highest BCUT2D eigenvalue weighted by Crippen LogP contribution is 2.36. The molecule has 0 bridgehead atoms. The second-order valence-electron chi connectivity index (χ2n) is 4.54. The van der Waals surface area contributed by atoms with Crippen molar-refractivity contribution in [1.29, 1.82) is 0 Å². The molecule has 1 aliphatic heterocycles. The smallest absolute Gasteiger partial charge is 0.0639 e. The first-order chi connectivity index (χ1) is 6.12. The molecule has 1 atom stereocenters. The van der Waals surface area contributed by atoms with Crippen LogP contribution in [0, 0.1) is 5.41 Å². The van der Waals surface area contributed by atoms with E-state index in [1.54, 1.807) is 0 Å². The lowest BCUT2D eigenvalue weighted by molar-refractivity contribution is 0.130. The van der Waals surface area contributed by atoms with Gasteiger partial charge in [0.15, 0.2) is 0 Å². The average Bonchev–Trinajstić information content (AvgIpc) is 2.48. The fourth-order valence-electron chi connectivity index (χ4n) is 2.38. The fraction of sp³-hybridized carbons (Fsp3) is 1.00. The highest BCUT2D eigenvalue weighted by Gasteiger charge is 2.34. The quantitative estimate of drug-likeness (QED) is 0.723. The largest absolute Gasteiger partial charge is 0.392 e.